The summed E-state index contributed by atoms with van der Waals surface area (Å²) in [4.78, 5) is 16.3. The number of carbonyl (C=O) groups excluding carboxylic acids is 1. The van der Waals surface area contributed by atoms with Crippen LogP contribution in [0.15, 0.2) is 36.8 Å². The molecule has 0 aliphatic rings. The third kappa shape index (κ3) is 2.95. The number of rotatable bonds is 4. The number of halogens is 1. The summed E-state index contributed by atoms with van der Waals surface area (Å²) in [6, 6.07) is 5.32. The zero-order valence-corrected chi connectivity index (χ0v) is 13.4. The molecule has 0 spiro atoms. The average molecular weight is 332 g/mol. The third-order valence-electron chi connectivity index (χ3n) is 3.12. The van der Waals surface area contributed by atoms with Crippen LogP contribution < -0.4 is 0 Å². The van der Waals surface area contributed by atoms with Gasteiger partial charge in [-0.2, -0.15) is 5.10 Å². The molecule has 0 amide bonds. The van der Waals surface area contributed by atoms with Crippen molar-refractivity contribution >= 4 is 17.6 Å². The minimum absolute atomic E-state index is 0.0922. The van der Waals surface area contributed by atoms with Crippen molar-refractivity contribution in [3.63, 3.8) is 0 Å². The first-order chi connectivity index (χ1) is 11.1. The molecule has 0 bridgehead atoms. The number of esters is 1. The van der Waals surface area contributed by atoms with Gasteiger partial charge >= 0.3 is 5.97 Å². The van der Waals surface area contributed by atoms with E-state index in [1.54, 1.807) is 60.0 Å². The van der Waals surface area contributed by atoms with Gasteiger partial charge in [-0.15, -0.1) is 5.10 Å². The molecule has 3 aromatic rings. The molecule has 8 heteroatoms. The van der Waals surface area contributed by atoms with E-state index in [1.807, 2.05) is 0 Å². The first kappa shape index (κ1) is 15.2. The van der Waals surface area contributed by atoms with Gasteiger partial charge in [0.2, 0.25) is 0 Å². The zero-order valence-electron chi connectivity index (χ0n) is 12.6. The quantitative estimate of drug-likeness (QED) is 0.542. The van der Waals surface area contributed by atoms with Crippen LogP contribution in [-0.2, 0) is 4.74 Å². The second-order valence-electron chi connectivity index (χ2n) is 4.74. The fraction of sp³-hybridized carbons (Fsp3) is 0.200. The molecule has 7 nitrogen and oxygen atoms in total. The predicted molar refractivity (Wildman–Crippen MR) is 84.2 cm³/mol. The highest BCUT2D eigenvalue weighted by atomic mass is 35.5. The van der Waals surface area contributed by atoms with Crippen molar-refractivity contribution < 1.29 is 9.53 Å². The molecule has 0 N–H and O–H groups in total. The topological polar surface area (TPSA) is 74.8 Å². The first-order valence-corrected chi connectivity index (χ1v) is 7.38. The van der Waals surface area contributed by atoms with Crippen molar-refractivity contribution in [2.75, 3.05) is 6.61 Å². The monoisotopic (exact) mass is 331 g/mol. The Labute approximate surface area is 137 Å². The summed E-state index contributed by atoms with van der Waals surface area (Å²) >= 11 is 6.15. The molecule has 3 rings (SSSR count). The highest BCUT2D eigenvalue weighted by molar-refractivity contribution is 6.32. The fourth-order valence-electron chi connectivity index (χ4n) is 2.17. The molecule has 0 aromatic carbocycles. The van der Waals surface area contributed by atoms with Crippen molar-refractivity contribution in [3.8, 4) is 11.5 Å². The van der Waals surface area contributed by atoms with Crippen molar-refractivity contribution in [3.05, 3.63) is 53.2 Å². The Bertz CT molecular complexity index is 842. The van der Waals surface area contributed by atoms with Gasteiger partial charge in [-0.05, 0) is 26.0 Å². The van der Waals surface area contributed by atoms with Gasteiger partial charge in [0.1, 0.15) is 10.7 Å². The van der Waals surface area contributed by atoms with E-state index >= 15 is 0 Å². The Balaban J connectivity index is 2.10. The van der Waals surface area contributed by atoms with Crippen molar-refractivity contribution in [1.82, 2.24) is 24.5 Å². The van der Waals surface area contributed by atoms with Crippen LogP contribution in [0.4, 0.5) is 0 Å². The summed E-state index contributed by atoms with van der Waals surface area (Å²) in [7, 11) is 0. The molecule has 23 heavy (non-hydrogen) atoms. The molecule has 3 heterocycles. The molecule has 0 unspecified atom stereocenters. The number of aromatic nitrogens is 5. The molecule has 0 saturated carbocycles. The molecule has 0 atom stereocenters. The maximum Gasteiger partial charge on any atom is 0.343 e. The number of carbonyl (C=O) groups is 1. The summed E-state index contributed by atoms with van der Waals surface area (Å²) < 4.78 is 8.25. The lowest BCUT2D eigenvalue weighted by atomic mass is 10.2. The molecule has 0 fully saturated rings. The molecule has 0 aliphatic carbocycles. The zero-order chi connectivity index (χ0) is 16.4. The van der Waals surface area contributed by atoms with Gasteiger partial charge in [0.15, 0.2) is 5.82 Å². The molecule has 0 saturated heterocycles. The number of pyridine rings is 1. The minimum atomic E-state index is -0.531. The fourth-order valence-corrected chi connectivity index (χ4v) is 2.47. The van der Waals surface area contributed by atoms with Crippen LogP contribution in [0.5, 0.6) is 0 Å². The van der Waals surface area contributed by atoms with E-state index in [9.17, 15) is 4.79 Å². The van der Waals surface area contributed by atoms with E-state index in [4.69, 9.17) is 16.3 Å². The lowest BCUT2D eigenvalue weighted by Gasteiger charge is -2.11. The van der Waals surface area contributed by atoms with Crippen LogP contribution in [0.1, 0.15) is 23.0 Å². The van der Waals surface area contributed by atoms with Gasteiger partial charge in [-0.3, -0.25) is 0 Å². The van der Waals surface area contributed by atoms with Crippen LogP contribution in [0.25, 0.3) is 11.5 Å². The number of hydrogen-bond acceptors (Lipinski definition) is 5. The first-order valence-electron chi connectivity index (χ1n) is 7.00. The number of hydrogen-bond donors (Lipinski definition) is 0. The minimum Gasteiger partial charge on any atom is -0.462 e. The number of ether oxygens (including phenoxy) is 1. The smallest absolute Gasteiger partial charge is 0.343 e. The van der Waals surface area contributed by atoms with E-state index in [1.165, 1.54) is 0 Å². The largest absolute Gasteiger partial charge is 0.462 e. The molecule has 0 radical (unpaired) electrons. The van der Waals surface area contributed by atoms with Crippen molar-refractivity contribution in [2.45, 2.75) is 13.8 Å². The molecule has 0 aliphatic heterocycles. The highest BCUT2D eigenvalue weighted by Gasteiger charge is 2.21. The average Bonchev–Trinajstić information content (AvgIpc) is 3.18. The standard InChI is InChI=1S/C15H14ClN5O2/c1-3-23-15(22)13-11(9-10(2)18-14(13)16)20-8-5-12(19-20)21-7-4-6-17-21/h4-9H,3H2,1-2H3. The predicted octanol–water partition coefficient (Wildman–Crippen LogP) is 2.59. The van der Waals surface area contributed by atoms with Crippen LogP contribution in [-0.4, -0.2) is 37.1 Å². The third-order valence-corrected chi connectivity index (χ3v) is 3.40. The number of nitrogens with zero attached hydrogens (tertiary/aromatic N) is 5. The van der Waals surface area contributed by atoms with E-state index < -0.39 is 5.97 Å². The van der Waals surface area contributed by atoms with Crippen LogP contribution in [0, 0.1) is 6.92 Å². The van der Waals surface area contributed by atoms with E-state index in [0.717, 1.165) is 0 Å². The molecular formula is C15H14ClN5O2. The Morgan fingerprint density at radius 1 is 1.35 bits per heavy atom. The van der Waals surface area contributed by atoms with Gasteiger partial charge < -0.3 is 4.74 Å². The highest BCUT2D eigenvalue weighted by Crippen LogP contribution is 2.24. The molecular weight excluding hydrogens is 318 g/mol. The Morgan fingerprint density at radius 3 is 2.87 bits per heavy atom. The Hall–Kier alpha value is -2.67. The summed E-state index contributed by atoms with van der Waals surface area (Å²) in [5.41, 5.74) is 1.38. The maximum absolute atomic E-state index is 12.2. The van der Waals surface area contributed by atoms with Gasteiger partial charge in [-0.25, -0.2) is 19.1 Å². The lowest BCUT2D eigenvalue weighted by Crippen LogP contribution is -2.13. The maximum atomic E-state index is 12.2. The Morgan fingerprint density at radius 2 is 2.17 bits per heavy atom. The second-order valence-corrected chi connectivity index (χ2v) is 5.10. The molecule has 118 valence electrons. The molecule has 3 aromatic heterocycles. The van der Waals surface area contributed by atoms with Crippen LogP contribution in [0.3, 0.4) is 0 Å². The van der Waals surface area contributed by atoms with Crippen LogP contribution in [0.2, 0.25) is 5.15 Å². The lowest BCUT2D eigenvalue weighted by molar-refractivity contribution is 0.0526. The summed E-state index contributed by atoms with van der Waals surface area (Å²) in [6.07, 6.45) is 5.17. The Kier molecular flexibility index (Phi) is 4.12. The van der Waals surface area contributed by atoms with Crippen molar-refractivity contribution in [2.24, 2.45) is 0 Å². The number of aryl methyl sites for hydroxylation is 1. The van der Waals surface area contributed by atoms with E-state index in [-0.39, 0.29) is 17.3 Å². The summed E-state index contributed by atoms with van der Waals surface area (Å²) in [5.74, 6) is 0.0894. The van der Waals surface area contributed by atoms with Crippen molar-refractivity contribution in [1.29, 1.82) is 0 Å². The summed E-state index contributed by atoms with van der Waals surface area (Å²) in [6.45, 7) is 3.78. The van der Waals surface area contributed by atoms with Gasteiger partial charge in [0.05, 0.1) is 12.3 Å². The van der Waals surface area contributed by atoms with Crippen LogP contribution >= 0.6 is 11.6 Å². The SMILES string of the molecule is CCOC(=O)c1c(-n2ccc(-n3cccn3)n2)cc(C)nc1Cl. The summed E-state index contributed by atoms with van der Waals surface area (Å²) in [5, 5.41) is 8.65. The van der Waals surface area contributed by atoms with E-state index in [0.29, 0.717) is 17.2 Å². The van der Waals surface area contributed by atoms with Gasteiger partial charge in [-0.1, -0.05) is 11.6 Å². The van der Waals surface area contributed by atoms with Gasteiger partial charge in [0, 0.05) is 30.4 Å². The van der Waals surface area contributed by atoms with Gasteiger partial charge in [0.25, 0.3) is 0 Å². The second kappa shape index (κ2) is 6.21. The normalized spacial score (nSPS) is 10.7. The van der Waals surface area contributed by atoms with E-state index in [2.05, 4.69) is 15.2 Å².